The molecule has 142 valence electrons. The van der Waals surface area contributed by atoms with Crippen molar-refractivity contribution in [3.63, 3.8) is 0 Å². The molecule has 0 radical (unpaired) electrons. The van der Waals surface area contributed by atoms with Gasteiger partial charge in [-0.05, 0) is 35.9 Å². The third-order valence-electron chi connectivity index (χ3n) is 4.93. The van der Waals surface area contributed by atoms with Gasteiger partial charge in [0, 0.05) is 22.7 Å². The highest BCUT2D eigenvalue weighted by Crippen LogP contribution is 2.40. The number of hydrogen-bond acceptors (Lipinski definition) is 3. The lowest BCUT2D eigenvalue weighted by Crippen LogP contribution is -1.99. The molecule has 5 heteroatoms. The Morgan fingerprint density at radius 1 is 0.931 bits per heavy atom. The molecule has 0 aliphatic heterocycles. The molecule has 3 aromatic carbocycles. The second-order valence-electron chi connectivity index (χ2n) is 6.80. The van der Waals surface area contributed by atoms with Crippen LogP contribution in [0.4, 0.5) is 4.39 Å². The molecule has 29 heavy (non-hydrogen) atoms. The Kier molecular flexibility index (Phi) is 4.22. The summed E-state index contributed by atoms with van der Waals surface area (Å²) in [5.41, 5.74) is 3.49. The molecule has 2 aromatic heterocycles. The SMILES string of the molecule is OC(c1ccccc1)c1oc2ccc(F)cc2c1-c1cnn(-c2ccccc2)c1. The number of rotatable bonds is 4. The number of aliphatic hydroxyl groups is 1. The molecule has 2 heterocycles. The van der Waals surface area contributed by atoms with Gasteiger partial charge in [-0.15, -0.1) is 0 Å². The number of aliphatic hydroxyl groups excluding tert-OH is 1. The highest BCUT2D eigenvalue weighted by molar-refractivity contribution is 5.96. The Hall–Kier alpha value is -3.70. The van der Waals surface area contributed by atoms with Crippen LogP contribution in [-0.2, 0) is 0 Å². The van der Waals surface area contributed by atoms with Crippen LogP contribution in [0.1, 0.15) is 17.4 Å². The minimum absolute atomic E-state index is 0.365. The van der Waals surface area contributed by atoms with Crippen molar-refractivity contribution in [1.29, 1.82) is 0 Å². The summed E-state index contributed by atoms with van der Waals surface area (Å²) in [6.45, 7) is 0. The summed E-state index contributed by atoms with van der Waals surface area (Å²) in [4.78, 5) is 0. The molecule has 0 fully saturated rings. The first-order valence-electron chi connectivity index (χ1n) is 9.26. The van der Waals surface area contributed by atoms with Crippen molar-refractivity contribution in [2.45, 2.75) is 6.10 Å². The molecule has 0 saturated heterocycles. The van der Waals surface area contributed by atoms with Crippen molar-refractivity contribution in [3.8, 4) is 16.8 Å². The van der Waals surface area contributed by atoms with E-state index in [0.29, 0.717) is 27.9 Å². The van der Waals surface area contributed by atoms with Gasteiger partial charge in [0.05, 0.1) is 11.9 Å². The van der Waals surface area contributed by atoms with Crippen molar-refractivity contribution in [2.24, 2.45) is 0 Å². The summed E-state index contributed by atoms with van der Waals surface area (Å²) in [6, 6.07) is 23.3. The van der Waals surface area contributed by atoms with E-state index < -0.39 is 6.10 Å². The van der Waals surface area contributed by atoms with Crippen LogP contribution in [0.3, 0.4) is 0 Å². The van der Waals surface area contributed by atoms with Crippen LogP contribution in [-0.4, -0.2) is 14.9 Å². The average molecular weight is 384 g/mol. The fraction of sp³-hybridized carbons (Fsp3) is 0.0417. The number of halogens is 1. The van der Waals surface area contributed by atoms with Crippen molar-refractivity contribution in [2.75, 3.05) is 0 Å². The summed E-state index contributed by atoms with van der Waals surface area (Å²) < 4.78 is 21.7. The largest absolute Gasteiger partial charge is 0.457 e. The summed E-state index contributed by atoms with van der Waals surface area (Å²) in [5.74, 6) is 0.000152. The molecule has 1 atom stereocenters. The third kappa shape index (κ3) is 3.11. The van der Waals surface area contributed by atoms with Gasteiger partial charge in [-0.25, -0.2) is 9.07 Å². The van der Waals surface area contributed by atoms with E-state index in [1.165, 1.54) is 12.1 Å². The molecule has 0 saturated carbocycles. The number of furan rings is 1. The molecule has 0 amide bonds. The van der Waals surface area contributed by atoms with E-state index in [-0.39, 0.29) is 5.82 Å². The number of nitrogens with zero attached hydrogens (tertiary/aromatic N) is 2. The lowest BCUT2D eigenvalue weighted by atomic mass is 9.99. The maximum Gasteiger partial charge on any atom is 0.146 e. The van der Waals surface area contributed by atoms with Crippen LogP contribution in [0.25, 0.3) is 27.8 Å². The summed E-state index contributed by atoms with van der Waals surface area (Å²) in [7, 11) is 0. The molecule has 1 N–H and O–H groups in total. The first kappa shape index (κ1) is 17.4. The predicted molar refractivity (Wildman–Crippen MR) is 109 cm³/mol. The maximum atomic E-state index is 14.0. The topological polar surface area (TPSA) is 51.2 Å². The van der Waals surface area contributed by atoms with Gasteiger partial charge in [0.15, 0.2) is 0 Å². The highest BCUT2D eigenvalue weighted by Gasteiger charge is 2.24. The van der Waals surface area contributed by atoms with E-state index in [0.717, 1.165) is 11.3 Å². The molecular formula is C24H17FN2O2. The second-order valence-corrected chi connectivity index (χ2v) is 6.80. The Morgan fingerprint density at radius 2 is 1.66 bits per heavy atom. The second kappa shape index (κ2) is 7.04. The minimum Gasteiger partial charge on any atom is -0.457 e. The van der Waals surface area contributed by atoms with Crippen LogP contribution in [0.15, 0.2) is 95.7 Å². The van der Waals surface area contributed by atoms with Crippen LogP contribution in [0.5, 0.6) is 0 Å². The zero-order chi connectivity index (χ0) is 19.8. The van der Waals surface area contributed by atoms with Crippen LogP contribution in [0.2, 0.25) is 0 Å². The number of hydrogen-bond donors (Lipinski definition) is 1. The van der Waals surface area contributed by atoms with Gasteiger partial charge in [-0.2, -0.15) is 5.10 Å². The van der Waals surface area contributed by atoms with Crippen molar-refractivity contribution in [3.05, 3.63) is 108 Å². The van der Waals surface area contributed by atoms with Gasteiger partial charge in [0.2, 0.25) is 0 Å². The molecule has 0 spiro atoms. The van der Waals surface area contributed by atoms with Gasteiger partial charge in [-0.1, -0.05) is 48.5 Å². The third-order valence-corrected chi connectivity index (χ3v) is 4.93. The van der Waals surface area contributed by atoms with Crippen molar-refractivity contribution in [1.82, 2.24) is 9.78 Å². The van der Waals surface area contributed by atoms with Crippen molar-refractivity contribution >= 4 is 11.0 Å². The fourth-order valence-corrected chi connectivity index (χ4v) is 3.54. The normalized spacial score (nSPS) is 12.3. The Balaban J connectivity index is 1.70. The summed E-state index contributed by atoms with van der Waals surface area (Å²) >= 11 is 0. The van der Waals surface area contributed by atoms with Gasteiger partial charge in [0.1, 0.15) is 23.3 Å². The maximum absolute atomic E-state index is 14.0. The predicted octanol–water partition coefficient (Wildman–Crippen LogP) is 5.51. The van der Waals surface area contributed by atoms with Crippen LogP contribution >= 0.6 is 0 Å². The highest BCUT2D eigenvalue weighted by atomic mass is 19.1. The van der Waals surface area contributed by atoms with Crippen LogP contribution < -0.4 is 0 Å². The van der Waals surface area contributed by atoms with E-state index in [1.807, 2.05) is 66.9 Å². The lowest BCUT2D eigenvalue weighted by molar-refractivity contribution is 0.193. The molecular weight excluding hydrogens is 367 g/mol. The number of aromatic nitrogens is 2. The quantitative estimate of drug-likeness (QED) is 0.445. The smallest absolute Gasteiger partial charge is 0.146 e. The standard InChI is InChI=1S/C24H17FN2O2/c25-18-11-12-21-20(13-18)22(24(29-21)23(28)16-7-3-1-4-8-16)17-14-26-27(15-17)19-9-5-2-6-10-19/h1-15,23,28H. The van der Waals surface area contributed by atoms with E-state index >= 15 is 0 Å². The van der Waals surface area contributed by atoms with Crippen LogP contribution in [0, 0.1) is 5.82 Å². The molecule has 5 rings (SSSR count). The Morgan fingerprint density at radius 3 is 2.41 bits per heavy atom. The Bertz CT molecular complexity index is 1280. The fourth-order valence-electron chi connectivity index (χ4n) is 3.54. The monoisotopic (exact) mass is 384 g/mol. The van der Waals surface area contributed by atoms with Gasteiger partial charge in [0.25, 0.3) is 0 Å². The molecule has 1 unspecified atom stereocenters. The number of para-hydroxylation sites is 1. The van der Waals surface area contributed by atoms with Gasteiger partial charge in [-0.3, -0.25) is 0 Å². The number of fused-ring (bicyclic) bond motifs is 1. The molecule has 4 nitrogen and oxygen atoms in total. The zero-order valence-corrected chi connectivity index (χ0v) is 15.4. The minimum atomic E-state index is -0.985. The summed E-state index contributed by atoms with van der Waals surface area (Å²) in [6.07, 6.45) is 2.57. The van der Waals surface area contributed by atoms with E-state index in [4.69, 9.17) is 4.42 Å². The number of benzene rings is 3. The molecule has 0 aliphatic carbocycles. The summed E-state index contributed by atoms with van der Waals surface area (Å²) in [5, 5.41) is 16.1. The van der Waals surface area contributed by atoms with E-state index in [1.54, 1.807) is 16.9 Å². The van der Waals surface area contributed by atoms with E-state index in [9.17, 15) is 9.50 Å². The van der Waals surface area contributed by atoms with E-state index in [2.05, 4.69) is 5.10 Å². The van der Waals surface area contributed by atoms with Gasteiger partial charge >= 0.3 is 0 Å². The first-order chi connectivity index (χ1) is 14.2. The first-order valence-corrected chi connectivity index (χ1v) is 9.26. The molecule has 0 aliphatic rings. The Labute approximate surface area is 166 Å². The van der Waals surface area contributed by atoms with Gasteiger partial charge < -0.3 is 9.52 Å². The molecule has 5 aromatic rings. The molecule has 0 bridgehead atoms. The lowest BCUT2D eigenvalue weighted by Gasteiger charge is -2.10. The van der Waals surface area contributed by atoms with Crippen molar-refractivity contribution < 1.29 is 13.9 Å². The average Bonchev–Trinajstić information content (AvgIpc) is 3.39. The zero-order valence-electron chi connectivity index (χ0n) is 15.4.